The lowest BCUT2D eigenvalue weighted by Gasteiger charge is -2.08. The Balaban J connectivity index is 2.93. The van der Waals surface area contributed by atoms with Crippen LogP contribution in [0.5, 0.6) is 0 Å². The number of hydrogen-bond acceptors (Lipinski definition) is 1. The first-order valence-electron chi connectivity index (χ1n) is 6.50. The van der Waals surface area contributed by atoms with E-state index in [0.717, 1.165) is 48.0 Å². The number of hydrogen-bond donors (Lipinski definition) is 0. The molecule has 0 aromatic heterocycles. The molecule has 19 heavy (non-hydrogen) atoms. The van der Waals surface area contributed by atoms with Crippen molar-refractivity contribution in [3.8, 4) is 0 Å². The molecule has 0 atom stereocenters. The van der Waals surface area contributed by atoms with E-state index in [1.165, 1.54) is 0 Å². The largest absolute Gasteiger partial charge is 0.276 e. The first-order valence-corrected chi connectivity index (χ1v) is 6.87. The van der Waals surface area contributed by atoms with Crippen molar-refractivity contribution in [2.24, 2.45) is 0 Å². The van der Waals surface area contributed by atoms with Gasteiger partial charge in [-0.1, -0.05) is 17.2 Å². The Kier molecular flexibility index (Phi) is 6.04. The molecule has 0 aliphatic heterocycles. The summed E-state index contributed by atoms with van der Waals surface area (Å²) in [6, 6.07) is 5.90. The quantitative estimate of drug-likeness (QED) is 0.501. The minimum absolute atomic E-state index is 0.395. The Morgan fingerprint density at radius 3 is 1.74 bits per heavy atom. The van der Waals surface area contributed by atoms with Crippen LogP contribution in [-0.4, -0.2) is 5.24 Å². The van der Waals surface area contributed by atoms with Crippen molar-refractivity contribution in [1.82, 2.24) is 0 Å². The Morgan fingerprint density at radius 1 is 1.00 bits per heavy atom. The van der Waals surface area contributed by atoms with Crippen molar-refractivity contribution in [3.63, 3.8) is 0 Å². The predicted octanol–water partition coefficient (Wildman–Crippen LogP) is 5.08. The van der Waals surface area contributed by atoms with Gasteiger partial charge < -0.3 is 0 Å². The minimum atomic E-state index is -0.395. The van der Waals surface area contributed by atoms with Crippen LogP contribution >= 0.6 is 11.6 Å². The molecule has 0 saturated heterocycles. The number of carbonyl (C=O) groups excluding carboxylic acids is 1. The van der Waals surface area contributed by atoms with Gasteiger partial charge >= 0.3 is 0 Å². The first kappa shape index (κ1) is 15.7. The Morgan fingerprint density at radius 2 is 1.42 bits per heavy atom. The van der Waals surface area contributed by atoms with Gasteiger partial charge in [0.05, 0.1) is 0 Å². The molecule has 0 heterocycles. The molecule has 1 rings (SSSR count). The lowest BCUT2D eigenvalue weighted by Crippen LogP contribution is -1.97. The molecule has 102 valence electrons. The lowest BCUT2D eigenvalue weighted by atomic mass is 9.98. The van der Waals surface area contributed by atoms with Crippen molar-refractivity contribution in [2.45, 2.75) is 39.5 Å². The van der Waals surface area contributed by atoms with Gasteiger partial charge in [-0.05, 0) is 74.4 Å². The van der Waals surface area contributed by atoms with Crippen molar-refractivity contribution in [1.29, 1.82) is 0 Å². The van der Waals surface area contributed by atoms with Gasteiger partial charge in [0.2, 0.25) is 0 Å². The molecule has 0 aliphatic rings. The highest BCUT2D eigenvalue weighted by Gasteiger charge is 2.07. The molecule has 0 N–H and O–H groups in total. The summed E-state index contributed by atoms with van der Waals surface area (Å²) in [5.41, 5.74) is 5.16. The molecule has 0 aliphatic carbocycles. The minimum Gasteiger partial charge on any atom is -0.276 e. The van der Waals surface area contributed by atoms with Crippen LogP contribution in [0, 0.1) is 0 Å². The van der Waals surface area contributed by atoms with Crippen molar-refractivity contribution in [3.05, 3.63) is 59.2 Å². The Hall–Kier alpha value is -1.34. The van der Waals surface area contributed by atoms with Crippen LogP contribution in [0.25, 0.3) is 0 Å². The fourth-order valence-electron chi connectivity index (χ4n) is 1.88. The van der Waals surface area contributed by atoms with E-state index in [1.807, 2.05) is 26.0 Å². The van der Waals surface area contributed by atoms with Gasteiger partial charge in [-0.3, -0.25) is 4.79 Å². The van der Waals surface area contributed by atoms with Crippen LogP contribution in [0.2, 0.25) is 0 Å². The summed E-state index contributed by atoms with van der Waals surface area (Å²) >= 11 is 5.60. The van der Waals surface area contributed by atoms with Gasteiger partial charge in [0, 0.05) is 5.56 Å². The molecule has 0 unspecified atom stereocenters. The zero-order valence-electron chi connectivity index (χ0n) is 11.8. The van der Waals surface area contributed by atoms with E-state index in [9.17, 15) is 4.79 Å². The SMILES string of the molecule is C=C(C)CCc1cc(CCC(=C)C)cc(C(=O)Cl)c1. The molecular formula is C17H21ClO. The summed E-state index contributed by atoms with van der Waals surface area (Å²) in [5.74, 6) is 0. The zero-order chi connectivity index (χ0) is 14.4. The van der Waals surface area contributed by atoms with Gasteiger partial charge in [0.25, 0.3) is 5.24 Å². The monoisotopic (exact) mass is 276 g/mol. The molecule has 1 aromatic carbocycles. The van der Waals surface area contributed by atoms with E-state index in [0.29, 0.717) is 5.56 Å². The van der Waals surface area contributed by atoms with E-state index in [4.69, 9.17) is 11.6 Å². The maximum Gasteiger partial charge on any atom is 0.252 e. The van der Waals surface area contributed by atoms with Crippen molar-refractivity contribution < 1.29 is 4.79 Å². The molecule has 1 nitrogen and oxygen atoms in total. The summed E-state index contributed by atoms with van der Waals surface area (Å²) in [5, 5.41) is -0.395. The van der Waals surface area contributed by atoms with Gasteiger partial charge in [-0.2, -0.15) is 0 Å². The number of aryl methyl sites for hydroxylation is 2. The number of allylic oxidation sites excluding steroid dienone is 2. The summed E-state index contributed by atoms with van der Waals surface area (Å²) in [4.78, 5) is 11.4. The van der Waals surface area contributed by atoms with Crippen molar-refractivity contribution in [2.75, 3.05) is 0 Å². The highest BCUT2D eigenvalue weighted by molar-refractivity contribution is 6.67. The molecule has 0 radical (unpaired) electrons. The van der Waals surface area contributed by atoms with Gasteiger partial charge in [-0.15, -0.1) is 13.2 Å². The molecule has 0 fully saturated rings. The fourth-order valence-corrected chi connectivity index (χ4v) is 1.99. The van der Waals surface area contributed by atoms with Crippen LogP contribution < -0.4 is 0 Å². The summed E-state index contributed by atoms with van der Waals surface area (Å²) in [6.45, 7) is 11.8. The molecule has 0 spiro atoms. The maximum absolute atomic E-state index is 11.4. The van der Waals surface area contributed by atoms with E-state index < -0.39 is 5.24 Å². The van der Waals surface area contributed by atoms with Crippen LogP contribution in [0.15, 0.2) is 42.5 Å². The van der Waals surface area contributed by atoms with E-state index in [1.54, 1.807) is 0 Å². The summed E-state index contributed by atoms with van der Waals surface area (Å²) < 4.78 is 0. The molecule has 2 heteroatoms. The number of rotatable bonds is 7. The number of carbonyl (C=O) groups is 1. The smallest absolute Gasteiger partial charge is 0.252 e. The van der Waals surface area contributed by atoms with Crippen LogP contribution in [0.1, 0.15) is 48.2 Å². The van der Waals surface area contributed by atoms with E-state index in [-0.39, 0.29) is 0 Å². The topological polar surface area (TPSA) is 17.1 Å². The highest BCUT2D eigenvalue weighted by Crippen LogP contribution is 2.17. The van der Waals surface area contributed by atoms with Crippen LogP contribution in [-0.2, 0) is 12.8 Å². The van der Waals surface area contributed by atoms with E-state index in [2.05, 4.69) is 19.2 Å². The molecular weight excluding hydrogens is 256 g/mol. The fraction of sp³-hybridized carbons (Fsp3) is 0.353. The van der Waals surface area contributed by atoms with Crippen molar-refractivity contribution >= 4 is 16.8 Å². The third-order valence-corrected chi connectivity index (χ3v) is 3.18. The van der Waals surface area contributed by atoms with Gasteiger partial charge in [-0.25, -0.2) is 0 Å². The van der Waals surface area contributed by atoms with Gasteiger partial charge in [0.15, 0.2) is 0 Å². The Labute approximate surface area is 121 Å². The first-order chi connectivity index (χ1) is 8.88. The van der Waals surface area contributed by atoms with E-state index >= 15 is 0 Å². The average Bonchev–Trinajstić information content (AvgIpc) is 2.33. The summed E-state index contributed by atoms with van der Waals surface area (Å²) in [6.07, 6.45) is 3.65. The maximum atomic E-state index is 11.4. The Bertz CT molecular complexity index is 464. The second-order valence-electron chi connectivity index (χ2n) is 5.23. The number of benzene rings is 1. The zero-order valence-corrected chi connectivity index (χ0v) is 12.5. The highest BCUT2D eigenvalue weighted by atomic mass is 35.5. The third kappa shape index (κ3) is 5.89. The standard InChI is InChI=1S/C17H21ClO/c1-12(2)5-7-14-9-15(8-6-13(3)4)11-16(10-14)17(18)19/h9-11H,1,3,5-8H2,2,4H3. The second kappa shape index (κ2) is 7.30. The third-order valence-electron chi connectivity index (χ3n) is 2.96. The second-order valence-corrected chi connectivity index (χ2v) is 5.57. The molecule has 0 amide bonds. The number of halogens is 1. The van der Waals surface area contributed by atoms with Gasteiger partial charge in [0.1, 0.15) is 0 Å². The normalized spacial score (nSPS) is 10.3. The van der Waals surface area contributed by atoms with Crippen LogP contribution in [0.4, 0.5) is 0 Å². The average molecular weight is 277 g/mol. The molecule has 0 saturated carbocycles. The molecule has 0 bridgehead atoms. The van der Waals surface area contributed by atoms with Crippen LogP contribution in [0.3, 0.4) is 0 Å². The predicted molar refractivity (Wildman–Crippen MR) is 82.9 cm³/mol. The lowest BCUT2D eigenvalue weighted by molar-refractivity contribution is 0.108. The summed E-state index contributed by atoms with van der Waals surface area (Å²) in [7, 11) is 0. The molecule has 1 aromatic rings.